The van der Waals surface area contributed by atoms with Crippen LogP contribution in [0.15, 0.2) is 140 Å². The third-order valence-electron chi connectivity index (χ3n) is 25.7. The molecule has 3 aromatic heterocycles. The Bertz CT molecular complexity index is 5570. The van der Waals surface area contributed by atoms with E-state index in [1.165, 1.54) is 46.2 Å². The Morgan fingerprint density at radius 2 is 0.790 bits per heavy atom. The molecule has 6 saturated heterocycles. The molecule has 9 atom stereocenters. The third-order valence-corrected chi connectivity index (χ3v) is 25.7. The number of methoxy groups -OCH3 is 3. The van der Waals surface area contributed by atoms with Gasteiger partial charge < -0.3 is 58.4 Å². The number of rotatable bonds is 24. The number of carbonyl (C=O) groups is 6. The number of carbonyl (C=O) groups excluding carboxylic acids is 3. The van der Waals surface area contributed by atoms with E-state index in [1.54, 1.807) is 47.0 Å². The molecule has 2 saturated carbocycles. The maximum Gasteiger partial charge on any atom is 0.411 e. The summed E-state index contributed by atoms with van der Waals surface area (Å²) in [4.78, 5) is 99.8. The number of hydrogen-bond donors (Lipinski definition) is 3. The quantitative estimate of drug-likeness (QED) is 0.0374. The van der Waals surface area contributed by atoms with Crippen LogP contribution < -0.4 is 28.9 Å². The van der Waals surface area contributed by atoms with Crippen molar-refractivity contribution in [2.24, 2.45) is 11.8 Å². The van der Waals surface area contributed by atoms with E-state index in [9.17, 15) is 70.4 Å². The topological polar surface area (TPSA) is 277 Å². The van der Waals surface area contributed by atoms with E-state index in [1.807, 2.05) is 78.9 Å². The maximum absolute atomic E-state index is 14.0. The molecular formula is C94H95F6N9O15. The van der Waals surface area contributed by atoms with Crippen LogP contribution in [0, 0.1) is 46.7 Å². The summed E-state index contributed by atoms with van der Waals surface area (Å²) in [6.07, 6.45) is 3.95. The van der Waals surface area contributed by atoms with Gasteiger partial charge in [-0.2, -0.15) is 0 Å². The molecule has 6 aliphatic heterocycles. The van der Waals surface area contributed by atoms with Crippen molar-refractivity contribution in [2.45, 2.75) is 165 Å². The van der Waals surface area contributed by atoms with E-state index in [2.05, 4.69) is 20.8 Å². The highest BCUT2D eigenvalue weighted by atomic mass is 19.2. The van der Waals surface area contributed by atoms with Gasteiger partial charge in [0.05, 0.1) is 94.4 Å². The van der Waals surface area contributed by atoms with Crippen LogP contribution >= 0.6 is 0 Å². The molecule has 648 valence electrons. The van der Waals surface area contributed by atoms with Crippen molar-refractivity contribution in [1.82, 2.24) is 29.7 Å². The molecular weight excluding hydrogens is 1610 g/mol. The summed E-state index contributed by atoms with van der Waals surface area (Å²) in [5, 5.41) is 28.3. The molecule has 0 unspecified atom stereocenters. The SMILES string of the molecule is COc1cc2c(cc1-c1ccc(N3CCC3)nc1CN1C(=O)O[C@H](c3cc(F)cc(F)c3)[C@@H]1C)[C@H](CC(=O)O)CC2.COc1ccc(C2CCC(C(=O)O)CC2)cc1-c1ccc(N2CCC2)nc1CN1C(=O)O[C@H](c2cc(F)cc(F)c2)[C@@H]1C.COc1ccc([C@H]2C[C@@H]2C(=O)O)cc1-c1ccc(N2CCC2)nc1CN1C(=O)O[C@H](c2cc(F)cc(F)c2)[C@@H]1C. The van der Waals surface area contributed by atoms with Crippen molar-refractivity contribution in [3.8, 4) is 50.6 Å². The summed E-state index contributed by atoms with van der Waals surface area (Å²) < 4.78 is 118. The summed E-state index contributed by atoms with van der Waals surface area (Å²) in [5.74, 6) is -3.12. The van der Waals surface area contributed by atoms with E-state index in [0.29, 0.717) is 53.6 Å². The standard InChI is InChI=1S/C33H35F2N3O5.C31H31F2N3O5.C30H29F2N3O5/c1-19-31(23-14-24(34)17-25(35)15-23)43-33(41)38(19)18-28-26(9-11-30(36-28)37-12-3-13-37)27-16-22(8-10-29(27)42-2)20-4-6-21(7-5-20)32(39)40;1-17-30(20-10-21(32)14-22(33)11-20)41-31(39)36(17)16-26-23(6-7-28(34-26)35-8-3-9-35)25-15-24-18(12-27(25)40-2)4-5-19(24)13-29(37)38;1-16-28(18-10-19(31)13-20(32)11-18)40-30(38)35(16)15-25-21(5-7-27(33-25)34-8-3-9-34)23-12-17(4-6-26(23)39-2)22-14-24(22)29(36)37/h8-11,14-17,19-21,31H,3-7,12-13,18H2,1-2H3,(H,39,40);6-7,10-12,14-15,17,19,30H,3-5,8-9,13,16H2,1-2H3,(H,37,38);4-7,10-13,16,22,24,28H,3,8-9,14-15H2,1-2H3,(H,36,37)/t19-,20?,21?,31-;17-,19-,30-;16-,22+,24-,28-/m000/s1. The summed E-state index contributed by atoms with van der Waals surface area (Å²) in [7, 11) is 4.78. The van der Waals surface area contributed by atoms with Gasteiger partial charge in [-0.15, -0.1) is 0 Å². The number of cyclic esters (lactones) is 3. The van der Waals surface area contributed by atoms with Crippen LogP contribution in [-0.4, -0.2) is 160 Å². The summed E-state index contributed by atoms with van der Waals surface area (Å²) in [6, 6.07) is 35.4. The molecule has 30 heteroatoms. The highest BCUT2D eigenvalue weighted by Crippen LogP contribution is 2.51. The Labute approximate surface area is 712 Å². The Hall–Kier alpha value is -12.6. The number of carboxylic acids is 3. The molecule has 18 rings (SSSR count). The molecule has 0 radical (unpaired) electrons. The van der Waals surface area contributed by atoms with Crippen LogP contribution in [0.2, 0.25) is 0 Å². The number of aryl methyl sites for hydroxylation is 1. The number of anilines is 3. The maximum atomic E-state index is 14.0. The minimum atomic E-state index is -0.847. The fourth-order valence-electron chi connectivity index (χ4n) is 18.3. The zero-order valence-electron chi connectivity index (χ0n) is 69.3. The van der Waals surface area contributed by atoms with Crippen molar-refractivity contribution in [1.29, 1.82) is 0 Å². The second kappa shape index (κ2) is 35.7. The molecule has 24 nitrogen and oxygen atoms in total. The number of fused-ring (bicyclic) bond motifs is 1. The number of ether oxygens (including phenoxy) is 6. The van der Waals surface area contributed by atoms with Crippen molar-refractivity contribution in [3.63, 3.8) is 0 Å². The van der Waals surface area contributed by atoms with Crippen molar-refractivity contribution >= 4 is 53.6 Å². The monoisotopic (exact) mass is 1700 g/mol. The Kier molecular flexibility index (Phi) is 24.4. The van der Waals surface area contributed by atoms with Crippen LogP contribution in [0.25, 0.3) is 33.4 Å². The van der Waals surface area contributed by atoms with Crippen LogP contribution in [0.3, 0.4) is 0 Å². The van der Waals surface area contributed by atoms with Crippen molar-refractivity contribution in [3.05, 3.63) is 230 Å². The van der Waals surface area contributed by atoms with Crippen LogP contribution in [0.1, 0.15) is 177 Å². The number of aromatic nitrogens is 3. The lowest BCUT2D eigenvalue weighted by Gasteiger charge is -2.33. The first kappa shape index (κ1) is 85.0. The fourth-order valence-corrected chi connectivity index (χ4v) is 18.3. The number of hydrogen-bond acceptors (Lipinski definition) is 18. The predicted octanol–water partition coefficient (Wildman–Crippen LogP) is 18.0. The predicted molar refractivity (Wildman–Crippen MR) is 445 cm³/mol. The fraction of sp³-hybridized carbons (Fsp3) is 0.394. The van der Waals surface area contributed by atoms with Gasteiger partial charge in [0, 0.05) is 108 Å². The first-order chi connectivity index (χ1) is 59.6. The average Bonchev–Trinajstić information content (AvgIpc) is 1.33. The number of benzene rings is 6. The molecule has 8 fully saturated rings. The molecule has 9 aromatic rings. The molecule has 9 aliphatic rings. The molecule has 0 spiro atoms. The second-order valence-corrected chi connectivity index (χ2v) is 33.3. The number of aliphatic carboxylic acids is 3. The number of pyridine rings is 3. The van der Waals surface area contributed by atoms with Crippen molar-refractivity contribution in [2.75, 3.05) is 75.3 Å². The number of halogens is 6. The molecule has 3 aliphatic carbocycles. The second-order valence-electron chi connectivity index (χ2n) is 33.3. The van der Waals surface area contributed by atoms with Gasteiger partial charge in [0.25, 0.3) is 0 Å². The van der Waals surface area contributed by atoms with E-state index in [-0.39, 0.29) is 66.4 Å². The smallest absolute Gasteiger partial charge is 0.411 e. The lowest BCUT2D eigenvalue weighted by molar-refractivity contribution is -0.143. The van der Waals surface area contributed by atoms with Crippen LogP contribution in [0.4, 0.5) is 58.2 Å². The minimum Gasteiger partial charge on any atom is -0.496 e. The normalized spacial score (nSPS) is 22.9. The van der Waals surface area contributed by atoms with Gasteiger partial charge in [0.15, 0.2) is 0 Å². The zero-order chi connectivity index (χ0) is 87.2. The van der Waals surface area contributed by atoms with Gasteiger partial charge in [0.1, 0.15) is 87.9 Å². The van der Waals surface area contributed by atoms with Gasteiger partial charge in [-0.05, 0) is 234 Å². The molecule has 0 bridgehead atoms. The molecule has 9 heterocycles. The van der Waals surface area contributed by atoms with Gasteiger partial charge in [0.2, 0.25) is 0 Å². The Morgan fingerprint density at radius 3 is 1.13 bits per heavy atom. The van der Waals surface area contributed by atoms with E-state index < -0.39 is 113 Å². The minimum absolute atomic E-state index is 0.0525. The average molecular weight is 1700 g/mol. The third kappa shape index (κ3) is 17.7. The highest BCUT2D eigenvalue weighted by molar-refractivity contribution is 5.82. The molecule has 124 heavy (non-hydrogen) atoms. The molecule has 3 N–H and O–H groups in total. The van der Waals surface area contributed by atoms with Gasteiger partial charge >= 0.3 is 36.2 Å². The van der Waals surface area contributed by atoms with Gasteiger partial charge in [-0.1, -0.05) is 12.1 Å². The first-order valence-corrected chi connectivity index (χ1v) is 42.0. The largest absolute Gasteiger partial charge is 0.496 e. The van der Waals surface area contributed by atoms with E-state index >= 15 is 0 Å². The van der Waals surface area contributed by atoms with Crippen molar-refractivity contribution < 1.29 is 98.9 Å². The Balaban J connectivity index is 0.000000138. The van der Waals surface area contributed by atoms with Crippen LogP contribution in [0.5, 0.6) is 17.2 Å². The van der Waals surface area contributed by atoms with E-state index in [0.717, 1.165) is 176 Å². The summed E-state index contributed by atoms with van der Waals surface area (Å²) in [5.41, 5.74) is 11.4. The number of nitrogens with zero attached hydrogens (tertiary/aromatic N) is 9. The van der Waals surface area contributed by atoms with E-state index in [4.69, 9.17) is 43.4 Å². The number of carboxylic acid groups (broad SMARTS) is 3. The summed E-state index contributed by atoms with van der Waals surface area (Å²) in [6.45, 7) is 11.0. The molecule has 6 aromatic carbocycles. The van der Waals surface area contributed by atoms with Gasteiger partial charge in [-0.3, -0.25) is 29.1 Å². The van der Waals surface area contributed by atoms with Gasteiger partial charge in [-0.25, -0.2) is 55.7 Å². The highest BCUT2D eigenvalue weighted by Gasteiger charge is 2.47. The number of amides is 3. The zero-order valence-corrected chi connectivity index (χ0v) is 69.3. The molecule has 3 amide bonds. The first-order valence-electron chi connectivity index (χ1n) is 42.0. The lowest BCUT2D eigenvalue weighted by Crippen LogP contribution is -2.38. The summed E-state index contributed by atoms with van der Waals surface area (Å²) >= 11 is 0. The van der Waals surface area contributed by atoms with Crippen LogP contribution in [-0.2, 0) is 54.6 Å². The lowest BCUT2D eigenvalue weighted by atomic mass is 9.78. The Morgan fingerprint density at radius 1 is 0.419 bits per heavy atom.